The molecule has 0 spiro atoms. The Hall–Kier alpha value is -14.9. The molecule has 5 heterocycles. The van der Waals surface area contributed by atoms with Crippen molar-refractivity contribution in [3.63, 3.8) is 0 Å². The minimum Gasteiger partial charge on any atom is -0.508 e. The average molecular weight is 1700 g/mol. The quantitative estimate of drug-likeness (QED) is 0.0151. The van der Waals surface area contributed by atoms with E-state index < -0.39 is 150 Å². The number of guanidine groups is 1. The minimum absolute atomic E-state index is 0.00905. The van der Waals surface area contributed by atoms with Gasteiger partial charge < -0.3 is 116 Å². The number of H-pyrrole nitrogens is 3. The molecule has 9 atom stereocenters. The van der Waals surface area contributed by atoms with Crippen LogP contribution >= 0.6 is 0 Å². The van der Waals surface area contributed by atoms with Gasteiger partial charge in [0.2, 0.25) is 65.0 Å². The van der Waals surface area contributed by atoms with Gasteiger partial charge in [-0.2, -0.15) is 0 Å². The van der Waals surface area contributed by atoms with Crippen LogP contribution in [0.4, 0.5) is 0 Å². The fourth-order valence-corrected chi connectivity index (χ4v) is 15.2. The molecule has 2 fully saturated rings. The van der Waals surface area contributed by atoms with E-state index in [0.717, 1.165) is 0 Å². The van der Waals surface area contributed by atoms with Gasteiger partial charge in [0.25, 0.3) is 0 Å². The van der Waals surface area contributed by atoms with E-state index in [0.29, 0.717) is 83.3 Å². The number of phenolic OH excluding ortho intramolecular Hbond substituents is 1. The molecule has 2 saturated heterocycles. The van der Waals surface area contributed by atoms with E-state index in [1.165, 1.54) is 53.8 Å². The molecule has 0 radical (unpaired) electrons. The Morgan fingerprint density at radius 2 is 1.04 bits per heavy atom. The highest BCUT2D eigenvalue weighted by Gasteiger charge is 2.41. The summed E-state index contributed by atoms with van der Waals surface area (Å²) >= 11 is 0. The van der Waals surface area contributed by atoms with Gasteiger partial charge in [0, 0.05) is 109 Å². The molecule has 0 saturated carbocycles. The number of carbonyl (C=O) groups is 13. The zero-order chi connectivity index (χ0) is 89.0. The number of aromatic nitrogens is 4. The standard InChI is InChI=1S/C64H82N18O13.C23H16O6/c1-34(2)23-46(56(88)75-45(13-7-21-69-64(66)67)63(95)82-22-8-14-52(82)62(94)72-31-53(65)85)76-58(90)48(25-36-28-70-42-11-5-3-9-40(36)42)78-57(89)47(24-35-15-17-39(84)18-16-35)77-61(93)51(32-83)81-59(91)49(26-37-29-71-43-12-6-4-10-41(37)43)79-60(92)50(27-38-30-68-33-73-38)80-55(87)44-19-20-54(86)74-44;24-20-16(14-7-3-1-5-12(14)9-18(20)22(26)27)11-17-15-8-4-2-6-13(15)10-19(21(17)25)23(28)29/h3-6,9-12,15-18,28-30,33-34,44-52,70-71,83-84H,7-8,13-14,19-27,31-32H2,1-2H3,(H2,65,85)(H,68,73)(H,72,94)(H,74,86)(H,75,88)(H,76,90)(H,77,93)(H,78,89)(H,79,92)(H,80,87)(H,81,91)(H4,66,67,69);1-10,24-25H,11H2,(H,26,27)(H,28,29)/t44-,45-,46-,47-,48+,49-,50-,51-,52+;/m0./s1. The van der Waals surface area contributed by atoms with Gasteiger partial charge in [0.05, 0.1) is 19.5 Å². The highest BCUT2D eigenvalue weighted by atomic mass is 16.4. The molecule has 0 aliphatic carbocycles. The molecule has 12 rings (SSSR count). The molecule has 3 aromatic heterocycles. The van der Waals surface area contributed by atoms with Crippen LogP contribution in [0.15, 0.2) is 163 Å². The summed E-state index contributed by atoms with van der Waals surface area (Å²) in [7, 11) is 0. The van der Waals surface area contributed by atoms with Crippen LogP contribution in [0.25, 0.3) is 43.4 Å². The molecule has 0 unspecified atom stereocenters. The van der Waals surface area contributed by atoms with Crippen molar-refractivity contribution < 1.29 is 93.0 Å². The van der Waals surface area contributed by atoms with Crippen LogP contribution in [0.3, 0.4) is 0 Å². The number of carboxylic acid groups (broad SMARTS) is 2. The first-order chi connectivity index (χ1) is 59.4. The van der Waals surface area contributed by atoms with Crippen LogP contribution in [0, 0.1) is 5.92 Å². The number of aliphatic hydroxyl groups excluding tert-OH is 1. The number of aromatic carboxylic acids is 2. The number of imidazole rings is 1. The van der Waals surface area contributed by atoms with Gasteiger partial charge >= 0.3 is 11.9 Å². The van der Waals surface area contributed by atoms with Gasteiger partial charge in [-0.25, -0.2) is 14.6 Å². The molecule has 37 nitrogen and oxygen atoms in total. The van der Waals surface area contributed by atoms with E-state index in [4.69, 9.17) is 17.2 Å². The zero-order valence-corrected chi connectivity index (χ0v) is 67.7. The lowest BCUT2D eigenvalue weighted by Gasteiger charge is -2.30. The van der Waals surface area contributed by atoms with Crippen molar-refractivity contribution in [1.82, 2.24) is 72.7 Å². The summed E-state index contributed by atoms with van der Waals surface area (Å²) in [5.41, 5.74) is 19.9. The summed E-state index contributed by atoms with van der Waals surface area (Å²) < 4.78 is 0. The van der Waals surface area contributed by atoms with Gasteiger partial charge in [0.1, 0.15) is 82.8 Å². The van der Waals surface area contributed by atoms with Gasteiger partial charge in [-0.15, -0.1) is 0 Å². The number of aliphatic imine (C=N–C) groups is 1. The highest BCUT2D eigenvalue weighted by Crippen LogP contribution is 2.39. The number of likely N-dealkylation sites (tertiary alicyclic amines) is 1. The van der Waals surface area contributed by atoms with E-state index in [-0.39, 0.29) is 118 Å². The minimum atomic E-state index is -1.80. The summed E-state index contributed by atoms with van der Waals surface area (Å²) in [5.74, 6) is -12.4. The predicted molar refractivity (Wildman–Crippen MR) is 454 cm³/mol. The zero-order valence-electron chi connectivity index (χ0n) is 67.7. The van der Waals surface area contributed by atoms with Crippen molar-refractivity contribution in [3.05, 3.63) is 203 Å². The molecule has 0 bridgehead atoms. The summed E-state index contributed by atoms with van der Waals surface area (Å²) in [4.78, 5) is 195. The van der Waals surface area contributed by atoms with Crippen LogP contribution in [0.1, 0.15) is 113 Å². The van der Waals surface area contributed by atoms with E-state index in [1.54, 1.807) is 123 Å². The Bertz CT molecular complexity index is 5570. The van der Waals surface area contributed by atoms with Crippen LogP contribution in [0.2, 0.25) is 0 Å². The molecular weight excluding hydrogens is 1600 g/mol. The number of carboxylic acids is 2. The predicted octanol–water partition coefficient (Wildman–Crippen LogP) is 2.10. The lowest BCUT2D eigenvalue weighted by Crippen LogP contribution is -2.61. The second-order valence-corrected chi connectivity index (χ2v) is 30.7. The Labute approximate surface area is 708 Å². The Morgan fingerprint density at radius 1 is 0.556 bits per heavy atom. The van der Waals surface area contributed by atoms with Crippen molar-refractivity contribution in [2.75, 3.05) is 26.2 Å². The number of aliphatic hydroxyl groups is 1. The smallest absolute Gasteiger partial charge is 0.339 e. The summed E-state index contributed by atoms with van der Waals surface area (Å²) in [6.45, 7) is 2.33. The van der Waals surface area contributed by atoms with Crippen molar-refractivity contribution in [2.24, 2.45) is 28.1 Å². The van der Waals surface area contributed by atoms with Crippen LogP contribution in [-0.2, 0) is 84.8 Å². The maximum atomic E-state index is 15.1. The molecule has 2 aliphatic heterocycles. The number of para-hydroxylation sites is 2. The number of nitrogens with one attached hydrogen (secondary N) is 12. The molecule has 2 aliphatic rings. The Balaban J connectivity index is 0.000000430. The summed E-state index contributed by atoms with van der Waals surface area (Å²) in [6.07, 6.45) is 6.47. The number of benzene rings is 7. The first-order valence-electron chi connectivity index (χ1n) is 40.2. The number of primary amides is 1. The number of phenols is 3. The number of hydrogen-bond acceptors (Lipinski definition) is 19. The first-order valence-corrected chi connectivity index (χ1v) is 40.2. The molecule has 10 aromatic rings. The van der Waals surface area contributed by atoms with E-state index in [2.05, 4.69) is 72.8 Å². The molecule has 7 aromatic carbocycles. The number of fused-ring (bicyclic) bond motifs is 4. The molecule has 650 valence electrons. The number of carbonyl (C=O) groups excluding carboxylic acids is 11. The fourth-order valence-electron chi connectivity index (χ4n) is 15.2. The summed E-state index contributed by atoms with van der Waals surface area (Å²) in [6, 6.07) is 24.6. The number of aromatic hydroxyl groups is 3. The number of nitrogens with two attached hydrogens (primary N) is 3. The first kappa shape index (κ1) is 89.9. The average Bonchev–Trinajstić information content (AvgIpc) is 1.20. The van der Waals surface area contributed by atoms with E-state index in [9.17, 15) is 83.4 Å². The Morgan fingerprint density at radius 3 is 1.53 bits per heavy atom. The third-order valence-electron chi connectivity index (χ3n) is 21.5. The molecule has 124 heavy (non-hydrogen) atoms. The normalized spacial score (nSPS) is 15.3. The molecule has 37 heteroatoms. The van der Waals surface area contributed by atoms with Crippen molar-refractivity contribution in [1.29, 1.82) is 0 Å². The Kier molecular flexibility index (Phi) is 30.0. The number of amides is 11. The number of nitrogens with zero attached hydrogens (tertiary/aromatic N) is 3. The third-order valence-corrected chi connectivity index (χ3v) is 21.5. The van der Waals surface area contributed by atoms with Gasteiger partial charge in [-0.05, 0) is 119 Å². The molecule has 24 N–H and O–H groups in total. The maximum Gasteiger partial charge on any atom is 0.339 e. The number of hydrogen-bond donors (Lipinski definition) is 21. The number of aromatic amines is 3. The van der Waals surface area contributed by atoms with Gasteiger partial charge in [-0.1, -0.05) is 111 Å². The third kappa shape index (κ3) is 23.0. The van der Waals surface area contributed by atoms with Crippen molar-refractivity contribution in [3.8, 4) is 17.2 Å². The SMILES string of the molecule is CC(C)C[C@H](NC(=O)[C@@H](Cc1c[nH]c2ccccc12)NC(=O)[C@H](Cc1ccc(O)cc1)NC(=O)[C@H](CO)NC(=O)[C@H](Cc1c[nH]c2ccccc12)NC(=O)[C@H](Cc1cnc[nH]1)NC(=O)[C@@H]1CCC(=O)N1)C(=O)N[C@@H](CCCN=C(N)N)C(=O)N1CCC[C@@H]1C(=O)NCC(N)=O.O=C(O)c1cc2ccccc2c(Cc2c(O)c(C(=O)O)cc3ccccc23)c1O. The van der Waals surface area contributed by atoms with E-state index >= 15 is 9.59 Å². The topological polar surface area (TPSA) is 605 Å². The second-order valence-electron chi connectivity index (χ2n) is 30.7. The van der Waals surface area contributed by atoms with Crippen LogP contribution in [0.5, 0.6) is 17.2 Å². The van der Waals surface area contributed by atoms with Crippen LogP contribution in [-0.4, -0.2) is 219 Å². The van der Waals surface area contributed by atoms with Crippen molar-refractivity contribution in [2.45, 2.75) is 145 Å². The molecule has 11 amide bonds. The van der Waals surface area contributed by atoms with Gasteiger partial charge in [-0.3, -0.25) is 57.7 Å². The monoisotopic (exact) mass is 1700 g/mol. The molecular formula is C87H98N18O19. The van der Waals surface area contributed by atoms with E-state index in [1.807, 2.05) is 0 Å². The second kappa shape index (κ2) is 41.4. The van der Waals surface area contributed by atoms with Crippen LogP contribution < -0.4 is 65.1 Å². The fraction of sp³-hybridized carbons (Fsp3) is 0.322. The van der Waals surface area contributed by atoms with Gasteiger partial charge in [0.15, 0.2) is 5.96 Å². The number of rotatable bonds is 37. The lowest BCUT2D eigenvalue weighted by molar-refractivity contribution is -0.142. The highest BCUT2D eigenvalue weighted by molar-refractivity contribution is 6.04. The van der Waals surface area contributed by atoms with Crippen molar-refractivity contribution >= 4 is 126 Å². The maximum absolute atomic E-state index is 15.1. The summed E-state index contributed by atoms with van der Waals surface area (Å²) in [5, 5.41) is 89.3. The lowest BCUT2D eigenvalue weighted by atomic mass is 9.90. The largest absolute Gasteiger partial charge is 0.508 e.